The third kappa shape index (κ3) is 2.98. The number of hydrogen-bond donors (Lipinski definition) is 2. The second-order valence-electron chi connectivity index (χ2n) is 2.66. The number of nitrogens with one attached hydrogen (secondary N) is 1. The lowest BCUT2D eigenvalue weighted by Crippen LogP contribution is -2.04. The Morgan fingerprint density at radius 1 is 1.57 bits per heavy atom. The van der Waals surface area contributed by atoms with Crippen LogP contribution in [0.5, 0.6) is 0 Å². The predicted molar refractivity (Wildman–Crippen MR) is 51.1 cm³/mol. The Bertz CT molecular complexity index is 299. The fourth-order valence-electron chi connectivity index (χ4n) is 0.894. The maximum atomic E-state index is 10.3. The Morgan fingerprint density at radius 3 is 2.86 bits per heavy atom. The van der Waals surface area contributed by atoms with Crippen LogP contribution in [0.25, 0.3) is 0 Å². The fraction of sp³-hybridized carbons (Fsp3) is 0.375. The van der Waals surface area contributed by atoms with Gasteiger partial charge in [0.2, 0.25) is 0 Å². The second kappa shape index (κ2) is 5.13. The zero-order chi connectivity index (χ0) is 10.4. The van der Waals surface area contributed by atoms with Crippen LogP contribution < -0.4 is 5.32 Å². The SMILES string of the molecule is O=[N+]([O-])c1ccc(NCCCO)nc1. The molecule has 0 aliphatic carbocycles. The van der Waals surface area contributed by atoms with Crippen molar-refractivity contribution in [2.45, 2.75) is 6.42 Å². The lowest BCUT2D eigenvalue weighted by atomic mass is 10.4. The van der Waals surface area contributed by atoms with Crippen LogP contribution in [0.3, 0.4) is 0 Å². The number of nitro groups is 1. The number of nitrogens with zero attached hydrogens (tertiary/aromatic N) is 2. The largest absolute Gasteiger partial charge is 0.396 e. The van der Waals surface area contributed by atoms with E-state index in [0.29, 0.717) is 18.8 Å². The summed E-state index contributed by atoms with van der Waals surface area (Å²) < 4.78 is 0. The van der Waals surface area contributed by atoms with Crippen molar-refractivity contribution in [3.05, 3.63) is 28.4 Å². The van der Waals surface area contributed by atoms with Gasteiger partial charge in [-0.3, -0.25) is 10.1 Å². The summed E-state index contributed by atoms with van der Waals surface area (Å²) in [7, 11) is 0. The number of aromatic nitrogens is 1. The molecule has 14 heavy (non-hydrogen) atoms. The smallest absolute Gasteiger partial charge is 0.287 e. The molecule has 76 valence electrons. The molecule has 0 unspecified atom stereocenters. The highest BCUT2D eigenvalue weighted by molar-refractivity contribution is 5.39. The lowest BCUT2D eigenvalue weighted by Gasteiger charge is -2.02. The first kappa shape index (κ1) is 10.4. The Balaban J connectivity index is 2.51. The van der Waals surface area contributed by atoms with Crippen molar-refractivity contribution in [1.29, 1.82) is 0 Å². The molecular formula is C8H11N3O3. The molecule has 0 saturated carbocycles. The van der Waals surface area contributed by atoms with E-state index in [-0.39, 0.29) is 12.3 Å². The van der Waals surface area contributed by atoms with E-state index >= 15 is 0 Å². The molecule has 6 nitrogen and oxygen atoms in total. The monoisotopic (exact) mass is 197 g/mol. The summed E-state index contributed by atoms with van der Waals surface area (Å²) in [6.07, 6.45) is 1.82. The van der Waals surface area contributed by atoms with Gasteiger partial charge in [-0.15, -0.1) is 0 Å². The quantitative estimate of drug-likeness (QED) is 0.413. The molecule has 0 aliphatic rings. The molecule has 1 aromatic heterocycles. The van der Waals surface area contributed by atoms with Crippen LogP contribution in [0.4, 0.5) is 11.5 Å². The number of aliphatic hydroxyl groups is 1. The van der Waals surface area contributed by atoms with Crippen molar-refractivity contribution in [3.8, 4) is 0 Å². The highest BCUT2D eigenvalue weighted by Gasteiger charge is 2.04. The van der Waals surface area contributed by atoms with E-state index in [9.17, 15) is 10.1 Å². The van der Waals surface area contributed by atoms with Gasteiger partial charge in [-0.2, -0.15) is 0 Å². The molecule has 0 spiro atoms. The van der Waals surface area contributed by atoms with Gasteiger partial charge in [0, 0.05) is 19.2 Å². The predicted octanol–water partition coefficient (Wildman–Crippen LogP) is 0.784. The van der Waals surface area contributed by atoms with E-state index in [1.54, 1.807) is 0 Å². The van der Waals surface area contributed by atoms with Crippen LogP contribution in [0, 0.1) is 10.1 Å². The minimum atomic E-state index is -0.496. The maximum Gasteiger partial charge on any atom is 0.287 e. The van der Waals surface area contributed by atoms with Crippen molar-refractivity contribution >= 4 is 11.5 Å². The Morgan fingerprint density at radius 2 is 2.36 bits per heavy atom. The molecule has 1 heterocycles. The highest BCUT2D eigenvalue weighted by atomic mass is 16.6. The van der Waals surface area contributed by atoms with Gasteiger partial charge in [0.05, 0.1) is 4.92 Å². The summed E-state index contributed by atoms with van der Waals surface area (Å²) in [5.41, 5.74) is -0.0299. The summed E-state index contributed by atoms with van der Waals surface area (Å²) in [5.74, 6) is 0.573. The topological polar surface area (TPSA) is 88.3 Å². The maximum absolute atomic E-state index is 10.3. The van der Waals surface area contributed by atoms with E-state index in [2.05, 4.69) is 10.3 Å². The minimum absolute atomic E-state index is 0.0299. The highest BCUT2D eigenvalue weighted by Crippen LogP contribution is 2.11. The summed E-state index contributed by atoms with van der Waals surface area (Å²) >= 11 is 0. The standard InChI is InChI=1S/C8H11N3O3/c12-5-1-4-9-8-3-2-7(6-10-8)11(13)14/h2-3,6,12H,1,4-5H2,(H,9,10). The second-order valence-corrected chi connectivity index (χ2v) is 2.66. The molecule has 0 aromatic carbocycles. The van der Waals surface area contributed by atoms with E-state index in [4.69, 9.17) is 5.11 Å². The van der Waals surface area contributed by atoms with Crippen molar-refractivity contribution in [2.75, 3.05) is 18.5 Å². The first-order chi connectivity index (χ1) is 6.74. The molecule has 2 N–H and O–H groups in total. The van der Waals surface area contributed by atoms with Gasteiger partial charge >= 0.3 is 0 Å². The summed E-state index contributed by atoms with van der Waals surface area (Å²) in [4.78, 5) is 13.6. The normalized spacial score (nSPS) is 9.79. The van der Waals surface area contributed by atoms with Gasteiger partial charge in [-0.05, 0) is 12.5 Å². The Hall–Kier alpha value is -1.69. The van der Waals surface area contributed by atoms with Gasteiger partial charge in [0.25, 0.3) is 5.69 Å². The number of rotatable bonds is 5. The van der Waals surface area contributed by atoms with Crippen LogP contribution in [0.15, 0.2) is 18.3 Å². The van der Waals surface area contributed by atoms with Crippen molar-refractivity contribution in [2.24, 2.45) is 0 Å². The number of anilines is 1. The summed E-state index contributed by atoms with van der Waals surface area (Å²) in [5, 5.41) is 21.7. The number of hydrogen-bond acceptors (Lipinski definition) is 5. The Labute approximate surface area is 80.7 Å². The van der Waals surface area contributed by atoms with E-state index < -0.39 is 4.92 Å². The van der Waals surface area contributed by atoms with Crippen LogP contribution in [0.1, 0.15) is 6.42 Å². The summed E-state index contributed by atoms with van der Waals surface area (Å²) in [6, 6.07) is 2.92. The third-order valence-corrected chi connectivity index (χ3v) is 1.60. The third-order valence-electron chi connectivity index (χ3n) is 1.60. The molecule has 0 aliphatic heterocycles. The van der Waals surface area contributed by atoms with Crippen LogP contribution in [-0.2, 0) is 0 Å². The van der Waals surface area contributed by atoms with Crippen LogP contribution in [0.2, 0.25) is 0 Å². The first-order valence-electron chi connectivity index (χ1n) is 4.19. The molecule has 0 radical (unpaired) electrons. The van der Waals surface area contributed by atoms with Crippen LogP contribution >= 0.6 is 0 Å². The first-order valence-corrected chi connectivity index (χ1v) is 4.19. The molecule has 1 rings (SSSR count). The van der Waals surface area contributed by atoms with E-state index in [1.165, 1.54) is 18.3 Å². The minimum Gasteiger partial charge on any atom is -0.396 e. The van der Waals surface area contributed by atoms with Crippen molar-refractivity contribution < 1.29 is 10.0 Å². The van der Waals surface area contributed by atoms with Gasteiger partial charge in [-0.25, -0.2) is 4.98 Å². The van der Waals surface area contributed by atoms with Gasteiger partial charge in [0.15, 0.2) is 0 Å². The lowest BCUT2D eigenvalue weighted by molar-refractivity contribution is -0.385. The molecule has 0 bridgehead atoms. The number of pyridine rings is 1. The average Bonchev–Trinajstić information content (AvgIpc) is 2.19. The Kier molecular flexibility index (Phi) is 3.81. The molecule has 0 fully saturated rings. The zero-order valence-electron chi connectivity index (χ0n) is 7.51. The van der Waals surface area contributed by atoms with Gasteiger partial charge in [-0.1, -0.05) is 0 Å². The summed E-state index contributed by atoms with van der Waals surface area (Å²) in [6.45, 7) is 0.710. The number of aliphatic hydroxyl groups excluding tert-OH is 1. The molecule has 6 heteroatoms. The molecule has 0 atom stereocenters. The molecular weight excluding hydrogens is 186 g/mol. The fourth-order valence-corrected chi connectivity index (χ4v) is 0.894. The molecule has 1 aromatic rings. The molecule has 0 amide bonds. The van der Waals surface area contributed by atoms with E-state index in [0.717, 1.165) is 0 Å². The van der Waals surface area contributed by atoms with Crippen LogP contribution in [-0.4, -0.2) is 28.2 Å². The average molecular weight is 197 g/mol. The van der Waals surface area contributed by atoms with Gasteiger partial charge in [0.1, 0.15) is 12.0 Å². The van der Waals surface area contributed by atoms with Crippen molar-refractivity contribution in [3.63, 3.8) is 0 Å². The van der Waals surface area contributed by atoms with Crippen molar-refractivity contribution in [1.82, 2.24) is 4.98 Å². The van der Waals surface area contributed by atoms with E-state index in [1.807, 2.05) is 0 Å². The van der Waals surface area contributed by atoms with Gasteiger partial charge < -0.3 is 10.4 Å². The zero-order valence-corrected chi connectivity index (χ0v) is 7.51. The molecule has 0 saturated heterocycles.